The van der Waals surface area contributed by atoms with E-state index in [0.29, 0.717) is 23.7 Å². The highest BCUT2D eigenvalue weighted by Gasteiger charge is 2.17. The van der Waals surface area contributed by atoms with Crippen molar-refractivity contribution in [3.8, 4) is 6.07 Å². The third-order valence-corrected chi connectivity index (χ3v) is 3.21. The van der Waals surface area contributed by atoms with E-state index in [1.807, 2.05) is 6.07 Å². The van der Waals surface area contributed by atoms with Crippen LogP contribution in [-0.2, 0) is 6.54 Å². The Kier molecular flexibility index (Phi) is 3.04. The summed E-state index contributed by atoms with van der Waals surface area (Å²) in [6.45, 7) is 2.47. The van der Waals surface area contributed by atoms with Gasteiger partial charge in [-0.1, -0.05) is 12.8 Å². The maximum atomic E-state index is 11.7. The topological polar surface area (TPSA) is 58.7 Å². The smallest absolute Gasteiger partial charge is 0.268 e. The fourth-order valence-electron chi connectivity index (χ4n) is 2.27. The van der Waals surface area contributed by atoms with Crippen molar-refractivity contribution < 1.29 is 0 Å². The molecular formula is C12H15N3O. The monoisotopic (exact) mass is 217 g/mol. The minimum absolute atomic E-state index is 0.158. The van der Waals surface area contributed by atoms with Crippen molar-refractivity contribution in [2.24, 2.45) is 5.92 Å². The highest BCUT2D eigenvalue weighted by molar-refractivity contribution is 5.30. The van der Waals surface area contributed by atoms with Crippen LogP contribution in [-0.4, -0.2) is 9.78 Å². The Labute approximate surface area is 94.5 Å². The van der Waals surface area contributed by atoms with Crippen molar-refractivity contribution in [2.75, 3.05) is 0 Å². The lowest BCUT2D eigenvalue weighted by Crippen LogP contribution is -2.26. The second kappa shape index (κ2) is 4.48. The van der Waals surface area contributed by atoms with Gasteiger partial charge in [-0.25, -0.2) is 4.68 Å². The molecule has 2 rings (SSSR count). The van der Waals surface area contributed by atoms with Gasteiger partial charge in [0.15, 0.2) is 0 Å². The maximum absolute atomic E-state index is 11.7. The van der Waals surface area contributed by atoms with Gasteiger partial charge in [-0.15, -0.1) is 0 Å². The number of hydrogen-bond acceptors (Lipinski definition) is 3. The van der Waals surface area contributed by atoms with Crippen molar-refractivity contribution in [3.63, 3.8) is 0 Å². The molecule has 0 bridgehead atoms. The molecule has 0 aliphatic heterocycles. The van der Waals surface area contributed by atoms with Gasteiger partial charge < -0.3 is 0 Å². The van der Waals surface area contributed by atoms with E-state index in [-0.39, 0.29) is 5.56 Å². The second-order valence-electron chi connectivity index (χ2n) is 4.43. The molecule has 0 saturated heterocycles. The van der Waals surface area contributed by atoms with E-state index >= 15 is 0 Å². The normalized spacial score (nSPS) is 16.2. The summed E-state index contributed by atoms with van der Waals surface area (Å²) in [6.07, 6.45) is 4.89. The van der Waals surface area contributed by atoms with Crippen LogP contribution >= 0.6 is 0 Å². The molecule has 1 saturated carbocycles. The van der Waals surface area contributed by atoms with Gasteiger partial charge in [0.1, 0.15) is 6.07 Å². The van der Waals surface area contributed by atoms with E-state index in [1.54, 1.807) is 6.92 Å². The molecule has 0 aromatic carbocycles. The van der Waals surface area contributed by atoms with Crippen LogP contribution in [0.15, 0.2) is 10.9 Å². The van der Waals surface area contributed by atoms with E-state index in [0.717, 1.165) is 0 Å². The molecule has 4 nitrogen and oxygen atoms in total. The molecule has 1 aromatic rings. The van der Waals surface area contributed by atoms with Gasteiger partial charge >= 0.3 is 0 Å². The third kappa shape index (κ3) is 2.13. The van der Waals surface area contributed by atoms with Crippen molar-refractivity contribution >= 4 is 0 Å². The molecular weight excluding hydrogens is 202 g/mol. The molecule has 0 atom stereocenters. The number of rotatable bonds is 2. The van der Waals surface area contributed by atoms with Crippen molar-refractivity contribution in [1.29, 1.82) is 5.26 Å². The fourth-order valence-corrected chi connectivity index (χ4v) is 2.27. The molecule has 1 heterocycles. The van der Waals surface area contributed by atoms with Gasteiger partial charge in [0, 0.05) is 12.6 Å². The molecule has 0 unspecified atom stereocenters. The average molecular weight is 217 g/mol. The Hall–Kier alpha value is -1.63. The summed E-state index contributed by atoms with van der Waals surface area (Å²) in [4.78, 5) is 11.7. The number of hydrogen-bond donors (Lipinski definition) is 0. The molecule has 0 radical (unpaired) electrons. The lowest BCUT2D eigenvalue weighted by atomic mass is 10.1. The molecule has 0 N–H and O–H groups in total. The SMILES string of the molecule is Cc1nn(CC2CCCC2)c(=O)cc1C#N. The lowest BCUT2D eigenvalue weighted by molar-refractivity contribution is 0.412. The van der Waals surface area contributed by atoms with Gasteiger partial charge in [0.05, 0.1) is 11.3 Å². The minimum Gasteiger partial charge on any atom is -0.268 e. The molecule has 1 aliphatic carbocycles. The Balaban J connectivity index is 2.25. The molecule has 1 aliphatic rings. The summed E-state index contributed by atoms with van der Waals surface area (Å²) in [5.74, 6) is 0.581. The largest absolute Gasteiger partial charge is 0.268 e. The Morgan fingerprint density at radius 1 is 1.56 bits per heavy atom. The molecule has 1 fully saturated rings. The zero-order chi connectivity index (χ0) is 11.5. The molecule has 1 aromatic heterocycles. The second-order valence-corrected chi connectivity index (χ2v) is 4.43. The van der Waals surface area contributed by atoms with Crippen molar-refractivity contribution in [1.82, 2.24) is 9.78 Å². The summed E-state index contributed by atoms with van der Waals surface area (Å²) >= 11 is 0. The van der Waals surface area contributed by atoms with Gasteiger partial charge in [0.2, 0.25) is 0 Å². The predicted octanol–water partition coefficient (Wildman–Crippen LogP) is 1.61. The van der Waals surface area contributed by atoms with Gasteiger partial charge in [-0.3, -0.25) is 4.79 Å². The standard InChI is InChI=1S/C12H15N3O/c1-9-11(7-13)6-12(16)15(14-9)8-10-4-2-3-5-10/h6,10H,2-5,8H2,1H3. The van der Waals surface area contributed by atoms with E-state index in [4.69, 9.17) is 5.26 Å². The van der Waals surface area contributed by atoms with E-state index < -0.39 is 0 Å². The van der Waals surface area contributed by atoms with Crippen molar-refractivity contribution in [3.05, 3.63) is 27.7 Å². The van der Waals surface area contributed by atoms with Crippen LogP contribution in [0.1, 0.15) is 36.9 Å². The molecule has 0 amide bonds. The zero-order valence-corrected chi connectivity index (χ0v) is 9.44. The number of nitrogens with zero attached hydrogens (tertiary/aromatic N) is 3. The minimum atomic E-state index is -0.158. The number of aromatic nitrogens is 2. The van der Waals surface area contributed by atoms with E-state index in [9.17, 15) is 4.79 Å². The summed E-state index contributed by atoms with van der Waals surface area (Å²) in [5.41, 5.74) is 0.863. The van der Waals surface area contributed by atoms with Crippen LogP contribution in [0, 0.1) is 24.2 Å². The van der Waals surface area contributed by atoms with Crippen molar-refractivity contribution in [2.45, 2.75) is 39.2 Å². The molecule has 16 heavy (non-hydrogen) atoms. The Bertz CT molecular complexity index is 478. The van der Waals surface area contributed by atoms with E-state index in [2.05, 4.69) is 5.10 Å². The summed E-state index contributed by atoms with van der Waals surface area (Å²) < 4.78 is 1.51. The van der Waals surface area contributed by atoms with Gasteiger partial charge in [0.25, 0.3) is 5.56 Å². The van der Waals surface area contributed by atoms with Gasteiger partial charge in [-0.2, -0.15) is 10.4 Å². The van der Waals surface area contributed by atoms with Crippen LogP contribution < -0.4 is 5.56 Å². The average Bonchev–Trinajstić information content (AvgIpc) is 2.75. The first-order valence-electron chi connectivity index (χ1n) is 5.69. The maximum Gasteiger partial charge on any atom is 0.268 e. The third-order valence-electron chi connectivity index (χ3n) is 3.21. The van der Waals surface area contributed by atoms with Gasteiger partial charge in [-0.05, 0) is 25.7 Å². The Morgan fingerprint density at radius 2 is 2.25 bits per heavy atom. The zero-order valence-electron chi connectivity index (χ0n) is 9.44. The predicted molar refractivity (Wildman–Crippen MR) is 59.9 cm³/mol. The van der Waals surface area contributed by atoms with Crippen LogP contribution in [0.5, 0.6) is 0 Å². The quantitative estimate of drug-likeness (QED) is 0.756. The highest BCUT2D eigenvalue weighted by atomic mass is 16.1. The summed E-state index contributed by atoms with van der Waals surface area (Å²) in [5, 5.41) is 13.0. The van der Waals surface area contributed by atoms with Crippen LogP contribution in [0.2, 0.25) is 0 Å². The van der Waals surface area contributed by atoms with Crippen LogP contribution in [0.3, 0.4) is 0 Å². The first kappa shape index (κ1) is 10.9. The molecule has 0 spiro atoms. The number of aryl methyl sites for hydroxylation is 1. The molecule has 84 valence electrons. The first-order valence-corrected chi connectivity index (χ1v) is 5.69. The van der Waals surface area contributed by atoms with Crippen LogP contribution in [0.4, 0.5) is 0 Å². The first-order chi connectivity index (χ1) is 7.70. The van der Waals surface area contributed by atoms with Crippen LogP contribution in [0.25, 0.3) is 0 Å². The fraction of sp³-hybridized carbons (Fsp3) is 0.583. The lowest BCUT2D eigenvalue weighted by Gasteiger charge is -2.11. The summed E-state index contributed by atoms with van der Waals surface area (Å²) in [7, 11) is 0. The number of nitriles is 1. The molecule has 4 heteroatoms. The highest BCUT2D eigenvalue weighted by Crippen LogP contribution is 2.25. The van der Waals surface area contributed by atoms with E-state index in [1.165, 1.54) is 36.4 Å². The summed E-state index contributed by atoms with van der Waals surface area (Å²) in [6, 6.07) is 3.37. The Morgan fingerprint density at radius 3 is 2.88 bits per heavy atom.